The van der Waals surface area contributed by atoms with Crippen LogP contribution in [0.3, 0.4) is 0 Å². The van der Waals surface area contributed by atoms with Gasteiger partial charge in [0.1, 0.15) is 4.90 Å². The Hall–Kier alpha value is -0.700. The maximum Gasteiger partial charge on any atom is 0.244 e. The Balaban J connectivity index is 2.12. The van der Waals surface area contributed by atoms with E-state index in [1.54, 1.807) is 0 Å². The lowest BCUT2D eigenvalue weighted by Gasteiger charge is -2.13. The Morgan fingerprint density at radius 2 is 2.25 bits per heavy atom. The van der Waals surface area contributed by atoms with Crippen LogP contribution in [0.2, 0.25) is 0 Å². The fourth-order valence-corrected chi connectivity index (χ4v) is 4.29. The quantitative estimate of drug-likeness (QED) is 0.548. The maximum atomic E-state index is 12.3. The zero-order valence-corrected chi connectivity index (χ0v) is 13.7. The highest BCUT2D eigenvalue weighted by atomic mass is 79.9. The van der Waals surface area contributed by atoms with Crippen molar-refractivity contribution in [1.82, 2.24) is 9.71 Å². The van der Waals surface area contributed by atoms with Crippen molar-refractivity contribution < 1.29 is 8.42 Å². The van der Waals surface area contributed by atoms with E-state index in [-0.39, 0.29) is 10.7 Å². The number of sulfonamides is 1. The van der Waals surface area contributed by atoms with E-state index in [1.165, 1.54) is 18.7 Å². The van der Waals surface area contributed by atoms with E-state index in [0.29, 0.717) is 22.9 Å². The largest absolute Gasteiger partial charge is 0.307 e. The Morgan fingerprint density at radius 3 is 2.85 bits per heavy atom. The molecule has 20 heavy (non-hydrogen) atoms. The molecule has 1 heterocycles. The number of rotatable bonds is 5. The van der Waals surface area contributed by atoms with Gasteiger partial charge in [0, 0.05) is 17.2 Å². The van der Waals surface area contributed by atoms with Crippen LogP contribution in [0.5, 0.6) is 0 Å². The number of nitrogens with one attached hydrogen (secondary N) is 2. The molecule has 0 aliphatic heterocycles. The number of nitrogens with zero attached hydrogens (tertiary/aromatic N) is 1. The van der Waals surface area contributed by atoms with Gasteiger partial charge in [-0.3, -0.25) is 0 Å². The Morgan fingerprint density at radius 1 is 1.50 bits per heavy atom. The molecule has 6 nitrogen and oxygen atoms in total. The van der Waals surface area contributed by atoms with Crippen molar-refractivity contribution in [2.24, 2.45) is 17.7 Å². The molecule has 1 aromatic rings. The number of hydrogen-bond acceptors (Lipinski definition) is 5. The van der Waals surface area contributed by atoms with E-state index >= 15 is 0 Å². The number of pyridine rings is 1. The standard InChI is InChI=1S/C12H19BrN4O2S/c1-8-2-3-9(4-8)6-16-20(18,19)11-5-10(13)7-15-12(11)17-14/h5,7-9,16H,2-4,6,14H2,1H3,(H,15,17). The molecule has 1 saturated carbocycles. The molecule has 2 atom stereocenters. The predicted molar refractivity (Wildman–Crippen MR) is 81.4 cm³/mol. The van der Waals surface area contributed by atoms with Gasteiger partial charge in [-0.15, -0.1) is 0 Å². The minimum absolute atomic E-state index is 0.0559. The van der Waals surface area contributed by atoms with Crippen molar-refractivity contribution in [3.63, 3.8) is 0 Å². The first-order chi connectivity index (χ1) is 9.42. The van der Waals surface area contributed by atoms with E-state index in [9.17, 15) is 8.42 Å². The second-order valence-electron chi connectivity index (χ2n) is 5.28. The molecule has 2 unspecified atom stereocenters. The van der Waals surface area contributed by atoms with Crippen LogP contribution in [-0.4, -0.2) is 19.9 Å². The van der Waals surface area contributed by atoms with Gasteiger partial charge in [0.25, 0.3) is 0 Å². The summed E-state index contributed by atoms with van der Waals surface area (Å²) in [7, 11) is -3.62. The zero-order valence-electron chi connectivity index (χ0n) is 11.3. The number of nitrogen functional groups attached to an aromatic ring is 1. The molecule has 1 fully saturated rings. The lowest BCUT2D eigenvalue weighted by molar-refractivity contribution is 0.498. The molecular formula is C12H19BrN4O2S. The average molecular weight is 363 g/mol. The molecule has 0 saturated heterocycles. The summed E-state index contributed by atoms with van der Waals surface area (Å²) in [6.07, 6.45) is 4.80. The fraction of sp³-hybridized carbons (Fsp3) is 0.583. The first kappa shape index (κ1) is 15.7. The molecule has 4 N–H and O–H groups in total. The molecule has 0 bridgehead atoms. The molecule has 1 aromatic heterocycles. The number of aromatic nitrogens is 1. The van der Waals surface area contributed by atoms with E-state index in [2.05, 4.69) is 38.0 Å². The molecule has 1 aliphatic carbocycles. The molecule has 0 spiro atoms. The van der Waals surface area contributed by atoms with Crippen LogP contribution in [0, 0.1) is 11.8 Å². The fourth-order valence-electron chi connectivity index (χ4n) is 2.55. The van der Waals surface area contributed by atoms with Gasteiger partial charge in [-0.1, -0.05) is 13.3 Å². The van der Waals surface area contributed by atoms with Crippen LogP contribution in [0.4, 0.5) is 5.82 Å². The molecule has 0 amide bonds. The molecule has 0 radical (unpaired) electrons. The highest BCUT2D eigenvalue weighted by Gasteiger charge is 2.25. The van der Waals surface area contributed by atoms with Gasteiger partial charge in [-0.2, -0.15) is 0 Å². The SMILES string of the molecule is CC1CCC(CNS(=O)(=O)c2cc(Br)cnc2NN)C1. The van der Waals surface area contributed by atoms with Crippen LogP contribution in [0.15, 0.2) is 21.6 Å². The van der Waals surface area contributed by atoms with Crippen LogP contribution in [0.1, 0.15) is 26.2 Å². The summed E-state index contributed by atoms with van der Waals surface area (Å²) in [5.41, 5.74) is 2.31. The summed E-state index contributed by atoms with van der Waals surface area (Å²) in [4.78, 5) is 4.01. The topological polar surface area (TPSA) is 97.1 Å². The van der Waals surface area contributed by atoms with Gasteiger partial charge < -0.3 is 5.43 Å². The first-order valence-electron chi connectivity index (χ1n) is 6.54. The number of hydrazine groups is 1. The van der Waals surface area contributed by atoms with E-state index in [4.69, 9.17) is 5.84 Å². The highest BCUT2D eigenvalue weighted by molar-refractivity contribution is 9.10. The van der Waals surface area contributed by atoms with Gasteiger partial charge in [0.15, 0.2) is 5.82 Å². The minimum Gasteiger partial charge on any atom is -0.307 e. The summed E-state index contributed by atoms with van der Waals surface area (Å²) >= 11 is 3.22. The van der Waals surface area contributed by atoms with Gasteiger partial charge in [0.2, 0.25) is 10.0 Å². The van der Waals surface area contributed by atoms with E-state index in [0.717, 1.165) is 12.8 Å². The summed E-state index contributed by atoms with van der Waals surface area (Å²) in [5, 5.41) is 0. The molecule has 0 aromatic carbocycles. The number of halogens is 1. The summed E-state index contributed by atoms with van der Waals surface area (Å²) in [5.74, 6) is 6.54. The lowest BCUT2D eigenvalue weighted by atomic mass is 10.1. The summed E-state index contributed by atoms with van der Waals surface area (Å²) in [6, 6.07) is 1.49. The van der Waals surface area contributed by atoms with Crippen LogP contribution >= 0.6 is 15.9 Å². The third-order valence-corrected chi connectivity index (χ3v) is 5.48. The molecule has 1 aliphatic rings. The van der Waals surface area contributed by atoms with Gasteiger partial charge >= 0.3 is 0 Å². The summed E-state index contributed by atoms with van der Waals surface area (Å²) < 4.78 is 27.9. The second-order valence-corrected chi connectivity index (χ2v) is 7.93. The van der Waals surface area contributed by atoms with Crippen molar-refractivity contribution in [3.8, 4) is 0 Å². The van der Waals surface area contributed by atoms with Crippen molar-refractivity contribution >= 4 is 31.8 Å². The van der Waals surface area contributed by atoms with Crippen molar-refractivity contribution in [2.45, 2.75) is 31.1 Å². The Kier molecular flexibility index (Phi) is 5.00. The zero-order chi connectivity index (χ0) is 14.8. The minimum atomic E-state index is -3.62. The smallest absolute Gasteiger partial charge is 0.244 e. The Labute approximate surface area is 127 Å². The van der Waals surface area contributed by atoms with Crippen molar-refractivity contribution in [3.05, 3.63) is 16.7 Å². The lowest BCUT2D eigenvalue weighted by Crippen LogP contribution is -2.30. The monoisotopic (exact) mass is 362 g/mol. The van der Waals surface area contributed by atoms with Crippen molar-refractivity contribution in [1.29, 1.82) is 0 Å². The predicted octanol–water partition coefficient (Wildman–Crippen LogP) is 1.84. The number of anilines is 1. The van der Waals surface area contributed by atoms with Crippen LogP contribution < -0.4 is 16.0 Å². The molecule has 8 heteroatoms. The van der Waals surface area contributed by atoms with Crippen LogP contribution in [0.25, 0.3) is 0 Å². The highest BCUT2D eigenvalue weighted by Crippen LogP contribution is 2.30. The average Bonchev–Trinajstić information content (AvgIpc) is 2.82. The third kappa shape index (κ3) is 3.69. The third-order valence-electron chi connectivity index (χ3n) is 3.61. The summed E-state index contributed by atoms with van der Waals surface area (Å²) in [6.45, 7) is 2.66. The van der Waals surface area contributed by atoms with Gasteiger partial charge in [0.05, 0.1) is 0 Å². The molecular weight excluding hydrogens is 344 g/mol. The Bertz CT molecular complexity index is 579. The second kappa shape index (κ2) is 6.38. The normalized spacial score (nSPS) is 22.9. The van der Waals surface area contributed by atoms with E-state index in [1.807, 2.05) is 0 Å². The van der Waals surface area contributed by atoms with Gasteiger partial charge in [-0.05, 0) is 46.7 Å². The first-order valence-corrected chi connectivity index (χ1v) is 8.82. The number of hydrogen-bond donors (Lipinski definition) is 3. The maximum absolute atomic E-state index is 12.3. The van der Waals surface area contributed by atoms with E-state index < -0.39 is 10.0 Å². The van der Waals surface area contributed by atoms with Gasteiger partial charge in [-0.25, -0.2) is 24.0 Å². The molecule has 112 valence electrons. The van der Waals surface area contributed by atoms with Crippen molar-refractivity contribution in [2.75, 3.05) is 12.0 Å². The van der Waals surface area contributed by atoms with Crippen LogP contribution in [-0.2, 0) is 10.0 Å². The number of nitrogens with two attached hydrogens (primary N) is 1. The molecule has 2 rings (SSSR count).